The lowest BCUT2D eigenvalue weighted by Gasteiger charge is -2.26. The van der Waals surface area contributed by atoms with E-state index in [0.717, 1.165) is 21.5 Å². The lowest BCUT2D eigenvalue weighted by molar-refractivity contribution is 1.23. The third-order valence-corrected chi connectivity index (χ3v) is 5.60. The molecule has 0 aliphatic carbocycles. The number of thiophene rings is 1. The summed E-state index contributed by atoms with van der Waals surface area (Å²) < 4.78 is 24.0. The summed E-state index contributed by atoms with van der Waals surface area (Å²) in [5.41, 5.74) is 2.49. The zero-order valence-corrected chi connectivity index (χ0v) is 15.2. The van der Waals surface area contributed by atoms with Crippen LogP contribution < -0.4 is 4.90 Å². The highest BCUT2D eigenvalue weighted by Gasteiger charge is 2.20. The van der Waals surface area contributed by atoms with Crippen LogP contribution in [-0.2, 0) is 0 Å². The summed E-state index contributed by atoms with van der Waals surface area (Å²) in [4.78, 5) is 6.09. The van der Waals surface area contributed by atoms with Gasteiger partial charge in [-0.05, 0) is 37.2 Å². The molecule has 0 N–H and O–H groups in total. The van der Waals surface area contributed by atoms with Gasteiger partial charge >= 0.3 is 0 Å². The zero-order chi connectivity index (χ0) is 19.9. The smallest absolute Gasteiger partial charge is 0.0832 e. The molecule has 124 valence electrons. The van der Waals surface area contributed by atoms with Crippen molar-refractivity contribution in [3.05, 3.63) is 81.9 Å². The third-order valence-electron chi connectivity index (χ3n) is 3.87. The average Bonchev–Trinajstić information content (AvgIpc) is 3.09. The summed E-state index contributed by atoms with van der Waals surface area (Å²) >= 11 is 14.3. The Hall–Kier alpha value is -2.07. The van der Waals surface area contributed by atoms with Crippen LogP contribution in [-0.4, -0.2) is 4.98 Å². The van der Waals surface area contributed by atoms with E-state index in [0.29, 0.717) is 15.7 Å². The Morgan fingerprint density at radius 3 is 2.68 bits per heavy atom. The minimum atomic E-state index is -2.28. The molecule has 4 rings (SSSR count). The number of hydrogen-bond acceptors (Lipinski definition) is 3. The van der Waals surface area contributed by atoms with Crippen LogP contribution in [0.15, 0.2) is 66.2 Å². The third kappa shape index (κ3) is 2.99. The summed E-state index contributed by atoms with van der Waals surface area (Å²) in [5, 5.41) is 3.65. The number of fused-ring (bicyclic) bond motifs is 1. The van der Waals surface area contributed by atoms with Gasteiger partial charge in [-0.2, -0.15) is 0 Å². The van der Waals surface area contributed by atoms with Gasteiger partial charge in [-0.1, -0.05) is 47.5 Å². The van der Waals surface area contributed by atoms with E-state index in [-0.39, 0.29) is 5.69 Å². The standard InChI is InChI=1S/C20H14Cl2N2S/c1-13-10-15-18(12-25-19(15)11-23-13)24(14-6-3-2-4-7-14)17-9-5-8-16(21)20(17)22/h2-12H,1H3/i1D3. The molecule has 2 aromatic heterocycles. The number of halogens is 2. The van der Waals surface area contributed by atoms with E-state index in [9.17, 15) is 0 Å². The Bertz CT molecular complexity index is 1140. The molecule has 2 aromatic carbocycles. The molecule has 0 aliphatic heterocycles. The number of aryl methyl sites for hydroxylation is 1. The topological polar surface area (TPSA) is 16.1 Å². The lowest BCUT2D eigenvalue weighted by Crippen LogP contribution is -2.10. The highest BCUT2D eigenvalue weighted by Crippen LogP contribution is 2.45. The highest BCUT2D eigenvalue weighted by molar-refractivity contribution is 7.17. The highest BCUT2D eigenvalue weighted by atomic mass is 35.5. The number of hydrogen-bond donors (Lipinski definition) is 0. The molecule has 0 fully saturated rings. The Kier molecular flexibility index (Phi) is 3.52. The molecule has 2 nitrogen and oxygen atoms in total. The Morgan fingerprint density at radius 2 is 1.88 bits per heavy atom. The Morgan fingerprint density at radius 1 is 1.04 bits per heavy atom. The van der Waals surface area contributed by atoms with Gasteiger partial charge in [0.2, 0.25) is 0 Å². The van der Waals surface area contributed by atoms with Gasteiger partial charge in [-0.15, -0.1) is 11.3 Å². The fourth-order valence-corrected chi connectivity index (χ4v) is 4.00. The fraction of sp³-hybridized carbons (Fsp3) is 0.0500. The molecular weight excluding hydrogens is 371 g/mol. The van der Waals surface area contributed by atoms with Crippen LogP contribution in [0, 0.1) is 6.85 Å². The monoisotopic (exact) mass is 387 g/mol. The number of para-hydroxylation sites is 1. The van der Waals surface area contributed by atoms with Crippen molar-refractivity contribution in [2.24, 2.45) is 0 Å². The minimum Gasteiger partial charge on any atom is -0.307 e. The van der Waals surface area contributed by atoms with Crippen LogP contribution in [0.3, 0.4) is 0 Å². The minimum absolute atomic E-state index is 0.0600. The number of anilines is 3. The van der Waals surface area contributed by atoms with Crippen molar-refractivity contribution in [1.82, 2.24) is 4.98 Å². The SMILES string of the molecule is [2H]C([2H])([2H])c1cc2c(N(c3ccccc3)c3cccc(Cl)c3Cl)csc2cn1. The molecule has 0 spiro atoms. The van der Waals surface area contributed by atoms with Crippen LogP contribution in [0.5, 0.6) is 0 Å². The van der Waals surface area contributed by atoms with Gasteiger partial charge in [-0.25, -0.2) is 0 Å². The van der Waals surface area contributed by atoms with Crippen LogP contribution in [0.4, 0.5) is 17.1 Å². The number of benzene rings is 2. The Balaban J connectivity index is 1.99. The van der Waals surface area contributed by atoms with Crippen molar-refractivity contribution in [2.75, 3.05) is 4.90 Å². The first kappa shape index (κ1) is 13.2. The first-order valence-corrected chi connectivity index (χ1v) is 9.17. The van der Waals surface area contributed by atoms with Gasteiger partial charge < -0.3 is 4.90 Å². The van der Waals surface area contributed by atoms with E-state index in [1.165, 1.54) is 11.3 Å². The summed E-state index contributed by atoms with van der Waals surface area (Å²) in [6.07, 6.45) is 1.61. The van der Waals surface area contributed by atoms with Crippen LogP contribution in [0.2, 0.25) is 10.0 Å². The normalized spacial score (nSPS) is 13.3. The van der Waals surface area contributed by atoms with Crippen molar-refractivity contribution < 1.29 is 4.11 Å². The second kappa shape index (κ2) is 6.68. The van der Waals surface area contributed by atoms with Gasteiger partial charge in [0.05, 0.1) is 26.1 Å². The van der Waals surface area contributed by atoms with Crippen molar-refractivity contribution >= 4 is 61.7 Å². The van der Waals surface area contributed by atoms with Gasteiger partial charge in [0.15, 0.2) is 0 Å². The van der Waals surface area contributed by atoms with E-state index in [1.54, 1.807) is 18.3 Å². The summed E-state index contributed by atoms with van der Waals surface area (Å²) in [7, 11) is 0. The molecule has 2 heterocycles. The van der Waals surface area contributed by atoms with Crippen molar-refractivity contribution in [2.45, 2.75) is 6.85 Å². The molecule has 0 radical (unpaired) electrons. The average molecular weight is 388 g/mol. The fourth-order valence-electron chi connectivity index (χ4n) is 2.74. The summed E-state index contributed by atoms with van der Waals surface area (Å²) in [5.74, 6) is 0. The molecule has 25 heavy (non-hydrogen) atoms. The molecule has 0 bridgehead atoms. The summed E-state index contributed by atoms with van der Waals surface area (Å²) in [6.45, 7) is -2.28. The predicted molar refractivity (Wildman–Crippen MR) is 109 cm³/mol. The second-order valence-electron chi connectivity index (χ2n) is 5.43. The van der Waals surface area contributed by atoms with Gasteiger partial charge in [0, 0.05) is 32.5 Å². The molecule has 0 saturated heterocycles. The van der Waals surface area contributed by atoms with Gasteiger partial charge in [0.1, 0.15) is 0 Å². The van der Waals surface area contributed by atoms with Crippen molar-refractivity contribution in [3.8, 4) is 0 Å². The number of rotatable bonds is 3. The quantitative estimate of drug-likeness (QED) is 0.364. The first-order chi connectivity index (χ1) is 13.4. The summed E-state index contributed by atoms with van der Waals surface area (Å²) in [6, 6.07) is 16.8. The van der Waals surface area contributed by atoms with E-state index in [4.69, 9.17) is 27.3 Å². The first-order valence-electron chi connectivity index (χ1n) is 9.03. The predicted octanol–water partition coefficient (Wildman–Crippen LogP) is 7.38. The second-order valence-corrected chi connectivity index (χ2v) is 7.13. The molecular formula is C20H14Cl2N2S. The van der Waals surface area contributed by atoms with Crippen LogP contribution in [0.25, 0.3) is 10.1 Å². The van der Waals surface area contributed by atoms with E-state index < -0.39 is 6.85 Å². The number of pyridine rings is 1. The Labute approximate surface area is 164 Å². The number of aromatic nitrogens is 1. The zero-order valence-electron chi connectivity index (χ0n) is 15.9. The van der Waals surface area contributed by atoms with E-state index in [2.05, 4.69) is 4.98 Å². The molecule has 0 aliphatic rings. The largest absolute Gasteiger partial charge is 0.307 e. The van der Waals surface area contributed by atoms with Crippen molar-refractivity contribution in [3.63, 3.8) is 0 Å². The molecule has 5 heteroatoms. The maximum atomic E-state index is 7.69. The van der Waals surface area contributed by atoms with Gasteiger partial charge in [-0.3, -0.25) is 4.98 Å². The molecule has 0 saturated carbocycles. The van der Waals surface area contributed by atoms with Crippen LogP contribution in [0.1, 0.15) is 9.81 Å². The van der Waals surface area contributed by atoms with E-state index >= 15 is 0 Å². The molecule has 0 amide bonds. The molecule has 0 atom stereocenters. The molecule has 0 unspecified atom stereocenters. The lowest BCUT2D eigenvalue weighted by atomic mass is 10.1. The maximum absolute atomic E-state index is 7.69. The molecule has 4 aromatic rings. The van der Waals surface area contributed by atoms with Crippen molar-refractivity contribution in [1.29, 1.82) is 0 Å². The van der Waals surface area contributed by atoms with E-state index in [1.807, 2.05) is 52.7 Å². The maximum Gasteiger partial charge on any atom is 0.0832 e. The van der Waals surface area contributed by atoms with Gasteiger partial charge in [0.25, 0.3) is 0 Å². The number of nitrogens with zero attached hydrogens (tertiary/aromatic N) is 2. The van der Waals surface area contributed by atoms with Crippen LogP contribution >= 0.6 is 34.5 Å².